The molecule has 0 aliphatic rings. The molecule has 0 aliphatic heterocycles. The lowest BCUT2D eigenvalue weighted by molar-refractivity contribution is -0.188. The van der Waals surface area contributed by atoms with Gasteiger partial charge < -0.3 is 5.73 Å². The van der Waals surface area contributed by atoms with Gasteiger partial charge in [-0.05, 0) is 13.0 Å². The van der Waals surface area contributed by atoms with E-state index in [2.05, 4.69) is 0 Å². The molecule has 0 radical (unpaired) electrons. The molecule has 2 atom stereocenters. The number of nitriles is 1. The third-order valence-corrected chi connectivity index (χ3v) is 2.52. The van der Waals surface area contributed by atoms with Crippen LogP contribution in [0.2, 0.25) is 0 Å². The first-order valence-corrected chi connectivity index (χ1v) is 5.31. The summed E-state index contributed by atoms with van der Waals surface area (Å²) in [5, 5.41) is 8.40. The molecule has 0 amide bonds. The molecule has 0 aromatic rings. The first-order chi connectivity index (χ1) is 7.38. The second-order valence-electron chi connectivity index (χ2n) is 3.60. The largest absolute Gasteiger partial charge is 0.405 e. The van der Waals surface area contributed by atoms with E-state index in [-0.39, 0.29) is 25.9 Å². The highest BCUT2D eigenvalue weighted by Crippen LogP contribution is 2.27. The first-order valence-electron chi connectivity index (χ1n) is 5.31. The number of rotatable bonds is 6. The molecule has 0 fully saturated rings. The fourth-order valence-electron chi connectivity index (χ4n) is 1.63. The fourth-order valence-corrected chi connectivity index (χ4v) is 1.63. The van der Waals surface area contributed by atoms with E-state index in [1.165, 1.54) is 4.90 Å². The van der Waals surface area contributed by atoms with Gasteiger partial charge in [-0.25, -0.2) is 0 Å². The average Bonchev–Trinajstić information content (AvgIpc) is 2.21. The fraction of sp³-hybridized carbons (Fsp3) is 0.900. The van der Waals surface area contributed by atoms with Crippen molar-refractivity contribution >= 4 is 0 Å². The van der Waals surface area contributed by atoms with Crippen molar-refractivity contribution in [3.63, 3.8) is 0 Å². The molecule has 0 spiro atoms. The van der Waals surface area contributed by atoms with Gasteiger partial charge in [0.05, 0.1) is 6.07 Å². The predicted octanol–water partition coefficient (Wildman–Crippen LogP) is 1.89. The Hall–Kier alpha value is -0.800. The number of halogens is 3. The Morgan fingerprint density at radius 1 is 1.38 bits per heavy atom. The highest BCUT2D eigenvalue weighted by molar-refractivity contribution is 4.88. The van der Waals surface area contributed by atoms with Crippen LogP contribution in [0.5, 0.6) is 0 Å². The zero-order valence-electron chi connectivity index (χ0n) is 9.59. The van der Waals surface area contributed by atoms with Crippen LogP contribution in [0.15, 0.2) is 0 Å². The second kappa shape index (κ2) is 6.71. The van der Waals surface area contributed by atoms with Gasteiger partial charge in [-0.3, -0.25) is 4.90 Å². The quantitative estimate of drug-likeness (QED) is 0.767. The zero-order chi connectivity index (χ0) is 12.8. The molecule has 0 aromatic heterocycles. The normalized spacial score (nSPS) is 15.9. The van der Waals surface area contributed by atoms with E-state index in [0.29, 0.717) is 0 Å². The second-order valence-corrected chi connectivity index (χ2v) is 3.60. The van der Waals surface area contributed by atoms with Gasteiger partial charge in [0.15, 0.2) is 0 Å². The van der Waals surface area contributed by atoms with E-state index in [9.17, 15) is 13.2 Å². The molecule has 0 bridgehead atoms. The number of hydrogen-bond acceptors (Lipinski definition) is 3. The van der Waals surface area contributed by atoms with Gasteiger partial charge in [0.25, 0.3) is 0 Å². The van der Waals surface area contributed by atoms with Crippen molar-refractivity contribution in [2.45, 2.75) is 44.9 Å². The maximum atomic E-state index is 12.8. The molecule has 0 saturated heterocycles. The third kappa shape index (κ3) is 4.37. The van der Waals surface area contributed by atoms with Crippen molar-refractivity contribution in [3.05, 3.63) is 0 Å². The minimum absolute atomic E-state index is 0.0802. The molecule has 0 rings (SSSR count). The van der Waals surface area contributed by atoms with E-state index in [1.807, 2.05) is 6.07 Å². The van der Waals surface area contributed by atoms with E-state index in [4.69, 9.17) is 11.0 Å². The molecule has 16 heavy (non-hydrogen) atoms. The van der Waals surface area contributed by atoms with Crippen molar-refractivity contribution in [2.24, 2.45) is 5.73 Å². The van der Waals surface area contributed by atoms with Crippen LogP contribution < -0.4 is 5.73 Å². The molecular weight excluding hydrogens is 219 g/mol. The highest BCUT2D eigenvalue weighted by atomic mass is 19.4. The average molecular weight is 237 g/mol. The number of nitrogens with two attached hydrogens (primary N) is 1. The Morgan fingerprint density at radius 3 is 2.25 bits per heavy atom. The standard InChI is InChI=1S/C10H18F3N3/c1-3-8(15)9(10(11,12)13)16(4-2)7-5-6-14/h8-9H,3-5,7,15H2,1-2H3. The van der Waals surface area contributed by atoms with Crippen molar-refractivity contribution in [1.29, 1.82) is 5.26 Å². The summed E-state index contributed by atoms with van der Waals surface area (Å²) >= 11 is 0. The number of nitrogens with zero attached hydrogens (tertiary/aromatic N) is 2. The van der Waals surface area contributed by atoms with Crippen LogP contribution in [0.3, 0.4) is 0 Å². The number of hydrogen-bond donors (Lipinski definition) is 1. The smallest absolute Gasteiger partial charge is 0.326 e. The number of likely N-dealkylation sites (N-methyl/N-ethyl adjacent to an activating group) is 1. The molecule has 6 heteroatoms. The third-order valence-electron chi connectivity index (χ3n) is 2.52. The van der Waals surface area contributed by atoms with Crippen LogP contribution in [-0.4, -0.2) is 36.2 Å². The highest BCUT2D eigenvalue weighted by Gasteiger charge is 2.45. The maximum absolute atomic E-state index is 12.8. The van der Waals surface area contributed by atoms with Gasteiger partial charge in [-0.15, -0.1) is 0 Å². The van der Waals surface area contributed by atoms with Crippen LogP contribution in [-0.2, 0) is 0 Å². The summed E-state index contributed by atoms with van der Waals surface area (Å²) in [6, 6.07) is -0.756. The summed E-state index contributed by atoms with van der Waals surface area (Å²) < 4.78 is 38.5. The summed E-state index contributed by atoms with van der Waals surface area (Å²) in [7, 11) is 0. The summed E-state index contributed by atoms with van der Waals surface area (Å²) in [5.41, 5.74) is 5.51. The van der Waals surface area contributed by atoms with E-state index in [1.54, 1.807) is 13.8 Å². The maximum Gasteiger partial charge on any atom is 0.405 e. The lowest BCUT2D eigenvalue weighted by atomic mass is 10.0. The molecule has 2 N–H and O–H groups in total. The Kier molecular flexibility index (Phi) is 6.38. The molecule has 0 aliphatic carbocycles. The van der Waals surface area contributed by atoms with Gasteiger partial charge in [0.1, 0.15) is 6.04 Å². The van der Waals surface area contributed by atoms with Crippen LogP contribution in [0.4, 0.5) is 13.2 Å². The van der Waals surface area contributed by atoms with Gasteiger partial charge in [-0.1, -0.05) is 13.8 Å². The van der Waals surface area contributed by atoms with Gasteiger partial charge in [0.2, 0.25) is 0 Å². The van der Waals surface area contributed by atoms with Crippen LogP contribution >= 0.6 is 0 Å². The molecule has 0 aromatic carbocycles. The van der Waals surface area contributed by atoms with Crippen molar-refractivity contribution in [3.8, 4) is 6.07 Å². The van der Waals surface area contributed by atoms with Crippen LogP contribution in [0, 0.1) is 11.3 Å². The lowest BCUT2D eigenvalue weighted by Crippen LogP contribution is -2.56. The van der Waals surface area contributed by atoms with Crippen LogP contribution in [0.1, 0.15) is 26.7 Å². The topological polar surface area (TPSA) is 53.0 Å². The molecular formula is C10H18F3N3. The molecule has 3 nitrogen and oxygen atoms in total. The van der Waals surface area contributed by atoms with Crippen molar-refractivity contribution < 1.29 is 13.2 Å². The predicted molar refractivity (Wildman–Crippen MR) is 55.6 cm³/mol. The molecule has 0 saturated carbocycles. The summed E-state index contributed by atoms with van der Waals surface area (Å²) in [4.78, 5) is 1.22. The van der Waals surface area contributed by atoms with Gasteiger partial charge in [0, 0.05) is 19.0 Å². The zero-order valence-corrected chi connectivity index (χ0v) is 9.59. The Morgan fingerprint density at radius 2 is 1.94 bits per heavy atom. The Balaban J connectivity index is 4.78. The SMILES string of the molecule is CCC(N)C(N(CC)CCC#N)C(F)(F)F. The van der Waals surface area contributed by atoms with Crippen LogP contribution in [0.25, 0.3) is 0 Å². The lowest BCUT2D eigenvalue weighted by Gasteiger charge is -2.35. The van der Waals surface area contributed by atoms with E-state index < -0.39 is 18.3 Å². The molecule has 94 valence electrons. The van der Waals surface area contributed by atoms with E-state index in [0.717, 1.165) is 0 Å². The minimum Gasteiger partial charge on any atom is -0.326 e. The van der Waals surface area contributed by atoms with Gasteiger partial charge in [-0.2, -0.15) is 18.4 Å². The summed E-state index contributed by atoms with van der Waals surface area (Å²) in [5.74, 6) is 0. The molecule has 2 unspecified atom stereocenters. The molecule has 0 heterocycles. The summed E-state index contributed by atoms with van der Waals surface area (Å²) in [6.45, 7) is 3.60. The van der Waals surface area contributed by atoms with Gasteiger partial charge >= 0.3 is 6.18 Å². The van der Waals surface area contributed by atoms with E-state index >= 15 is 0 Å². The first kappa shape index (κ1) is 15.2. The monoisotopic (exact) mass is 237 g/mol. The van der Waals surface area contributed by atoms with Crippen molar-refractivity contribution in [1.82, 2.24) is 4.90 Å². The summed E-state index contributed by atoms with van der Waals surface area (Å²) in [6.07, 6.45) is -4.01. The Labute approximate surface area is 94.0 Å². The number of alkyl halides is 3. The van der Waals surface area contributed by atoms with Crippen molar-refractivity contribution in [2.75, 3.05) is 13.1 Å². The minimum atomic E-state index is -4.35. The Bertz CT molecular complexity index is 234.